The minimum atomic E-state index is 0.509. The third-order valence-corrected chi connectivity index (χ3v) is 4.09. The number of likely N-dealkylation sites (tertiary alicyclic amines) is 1. The first-order valence-corrected chi connectivity index (χ1v) is 7.05. The maximum Gasteiger partial charge on any atom is 0.165 e. The maximum absolute atomic E-state index is 5.74. The van der Waals surface area contributed by atoms with Crippen molar-refractivity contribution in [2.24, 2.45) is 11.7 Å². The fraction of sp³-hybridized carbons (Fsp3) is 0.571. The number of nitrogens with zero attached hydrogens (tertiary/aromatic N) is 4. The van der Waals surface area contributed by atoms with Crippen molar-refractivity contribution in [3.05, 3.63) is 29.7 Å². The van der Waals surface area contributed by atoms with Crippen molar-refractivity contribution in [1.29, 1.82) is 0 Å². The van der Waals surface area contributed by atoms with E-state index in [0.717, 1.165) is 30.0 Å². The molecule has 1 atom stereocenters. The SMILES string of the molecule is CCN1CCC(Cc2nnc3c(CN)cccn23)C1. The van der Waals surface area contributed by atoms with E-state index >= 15 is 0 Å². The lowest BCUT2D eigenvalue weighted by Gasteiger charge is -2.12. The summed E-state index contributed by atoms with van der Waals surface area (Å²) in [4.78, 5) is 2.50. The zero-order valence-corrected chi connectivity index (χ0v) is 11.4. The third kappa shape index (κ3) is 2.35. The van der Waals surface area contributed by atoms with Gasteiger partial charge in [0.1, 0.15) is 5.82 Å². The first kappa shape index (κ1) is 12.6. The normalized spacial score (nSPS) is 20.4. The van der Waals surface area contributed by atoms with Gasteiger partial charge in [-0.3, -0.25) is 4.40 Å². The smallest absolute Gasteiger partial charge is 0.165 e. The molecular formula is C14H21N5. The average Bonchev–Trinajstić information content (AvgIpc) is 3.06. The van der Waals surface area contributed by atoms with Gasteiger partial charge in [0.15, 0.2) is 5.65 Å². The molecule has 3 rings (SSSR count). The van der Waals surface area contributed by atoms with Gasteiger partial charge >= 0.3 is 0 Å². The molecule has 1 fully saturated rings. The van der Waals surface area contributed by atoms with Crippen LogP contribution in [-0.4, -0.2) is 39.1 Å². The Balaban J connectivity index is 1.82. The van der Waals surface area contributed by atoms with E-state index in [1.54, 1.807) is 0 Å². The Morgan fingerprint density at radius 1 is 1.42 bits per heavy atom. The molecule has 0 aromatic carbocycles. The summed E-state index contributed by atoms with van der Waals surface area (Å²) in [6, 6.07) is 4.04. The molecule has 1 aliphatic heterocycles. The molecule has 0 bridgehead atoms. The molecule has 0 saturated carbocycles. The van der Waals surface area contributed by atoms with E-state index in [-0.39, 0.29) is 0 Å². The van der Waals surface area contributed by atoms with Crippen molar-refractivity contribution in [3.8, 4) is 0 Å². The summed E-state index contributed by atoms with van der Waals surface area (Å²) in [7, 11) is 0. The summed E-state index contributed by atoms with van der Waals surface area (Å²) in [6.07, 6.45) is 4.31. The van der Waals surface area contributed by atoms with Gasteiger partial charge in [-0.05, 0) is 31.5 Å². The number of nitrogens with two attached hydrogens (primary N) is 1. The van der Waals surface area contributed by atoms with Crippen LogP contribution in [0, 0.1) is 5.92 Å². The minimum Gasteiger partial charge on any atom is -0.326 e. The molecular weight excluding hydrogens is 238 g/mol. The van der Waals surface area contributed by atoms with Crippen molar-refractivity contribution in [2.75, 3.05) is 19.6 Å². The molecule has 5 heteroatoms. The van der Waals surface area contributed by atoms with E-state index in [1.807, 2.05) is 18.3 Å². The highest BCUT2D eigenvalue weighted by molar-refractivity contribution is 5.47. The molecule has 3 heterocycles. The highest BCUT2D eigenvalue weighted by Crippen LogP contribution is 2.20. The Labute approximate surface area is 113 Å². The van der Waals surface area contributed by atoms with Crippen LogP contribution in [0.2, 0.25) is 0 Å². The second kappa shape index (κ2) is 5.27. The first-order chi connectivity index (χ1) is 9.31. The zero-order valence-electron chi connectivity index (χ0n) is 11.4. The molecule has 2 aromatic rings. The van der Waals surface area contributed by atoms with E-state index in [2.05, 4.69) is 26.4 Å². The van der Waals surface area contributed by atoms with Crippen molar-refractivity contribution in [1.82, 2.24) is 19.5 Å². The summed E-state index contributed by atoms with van der Waals surface area (Å²) in [5.74, 6) is 1.77. The number of hydrogen-bond acceptors (Lipinski definition) is 4. The van der Waals surface area contributed by atoms with Crippen LogP contribution in [0.1, 0.15) is 24.7 Å². The lowest BCUT2D eigenvalue weighted by Crippen LogP contribution is -2.20. The largest absolute Gasteiger partial charge is 0.326 e. The Morgan fingerprint density at radius 3 is 3.05 bits per heavy atom. The zero-order chi connectivity index (χ0) is 13.2. The molecule has 1 aliphatic rings. The van der Waals surface area contributed by atoms with Crippen molar-refractivity contribution in [2.45, 2.75) is 26.3 Å². The van der Waals surface area contributed by atoms with Crippen molar-refractivity contribution >= 4 is 5.65 Å². The molecule has 1 saturated heterocycles. The second-order valence-corrected chi connectivity index (χ2v) is 5.30. The predicted molar refractivity (Wildman–Crippen MR) is 74.8 cm³/mol. The van der Waals surface area contributed by atoms with Crippen LogP contribution in [0.25, 0.3) is 5.65 Å². The number of rotatable bonds is 4. The van der Waals surface area contributed by atoms with Gasteiger partial charge in [-0.1, -0.05) is 13.0 Å². The highest BCUT2D eigenvalue weighted by atomic mass is 15.2. The average molecular weight is 259 g/mol. The van der Waals surface area contributed by atoms with Gasteiger partial charge in [0, 0.05) is 31.3 Å². The van der Waals surface area contributed by atoms with Gasteiger partial charge in [0.2, 0.25) is 0 Å². The van der Waals surface area contributed by atoms with Crippen molar-refractivity contribution < 1.29 is 0 Å². The Kier molecular flexibility index (Phi) is 3.48. The molecule has 1 unspecified atom stereocenters. The van der Waals surface area contributed by atoms with E-state index in [4.69, 9.17) is 5.73 Å². The van der Waals surface area contributed by atoms with Crippen LogP contribution >= 0.6 is 0 Å². The standard InChI is InChI=1S/C14H21N5/c1-2-18-7-5-11(10-18)8-13-16-17-14-12(9-15)4-3-6-19(13)14/h3-4,6,11H,2,5,7-10,15H2,1H3. The molecule has 2 N–H and O–H groups in total. The summed E-state index contributed by atoms with van der Waals surface area (Å²) in [5.41, 5.74) is 7.70. The summed E-state index contributed by atoms with van der Waals surface area (Å²) in [5, 5.41) is 8.65. The monoisotopic (exact) mass is 259 g/mol. The van der Waals surface area contributed by atoms with Crippen LogP contribution in [0.4, 0.5) is 0 Å². The highest BCUT2D eigenvalue weighted by Gasteiger charge is 2.23. The lowest BCUT2D eigenvalue weighted by molar-refractivity contribution is 0.340. The first-order valence-electron chi connectivity index (χ1n) is 7.05. The van der Waals surface area contributed by atoms with Crippen LogP contribution in [-0.2, 0) is 13.0 Å². The topological polar surface area (TPSA) is 59.5 Å². The van der Waals surface area contributed by atoms with E-state index < -0.39 is 0 Å². The summed E-state index contributed by atoms with van der Waals surface area (Å²) >= 11 is 0. The van der Waals surface area contributed by atoms with Crippen molar-refractivity contribution in [3.63, 3.8) is 0 Å². The van der Waals surface area contributed by atoms with Gasteiger partial charge in [0.25, 0.3) is 0 Å². The van der Waals surface area contributed by atoms with Gasteiger partial charge < -0.3 is 10.6 Å². The maximum atomic E-state index is 5.74. The van der Waals surface area contributed by atoms with Crippen LogP contribution in [0.15, 0.2) is 18.3 Å². The number of hydrogen-bond donors (Lipinski definition) is 1. The Hall–Kier alpha value is -1.46. The minimum absolute atomic E-state index is 0.509. The molecule has 0 amide bonds. The number of fused-ring (bicyclic) bond motifs is 1. The van der Waals surface area contributed by atoms with Crippen LogP contribution in [0.3, 0.4) is 0 Å². The molecule has 19 heavy (non-hydrogen) atoms. The number of pyridine rings is 1. The van der Waals surface area contributed by atoms with Crippen LogP contribution in [0.5, 0.6) is 0 Å². The van der Waals surface area contributed by atoms with Gasteiger partial charge in [-0.15, -0.1) is 10.2 Å². The van der Waals surface area contributed by atoms with Gasteiger partial charge in [-0.2, -0.15) is 0 Å². The molecule has 2 aromatic heterocycles. The van der Waals surface area contributed by atoms with E-state index in [1.165, 1.54) is 19.5 Å². The Bertz CT molecular complexity index is 562. The fourth-order valence-electron chi connectivity index (χ4n) is 2.94. The second-order valence-electron chi connectivity index (χ2n) is 5.30. The van der Waals surface area contributed by atoms with Gasteiger partial charge in [0.05, 0.1) is 0 Å². The lowest BCUT2D eigenvalue weighted by atomic mass is 10.0. The molecule has 0 aliphatic carbocycles. The molecule has 5 nitrogen and oxygen atoms in total. The quantitative estimate of drug-likeness (QED) is 0.892. The van der Waals surface area contributed by atoms with E-state index in [9.17, 15) is 0 Å². The molecule has 0 radical (unpaired) electrons. The summed E-state index contributed by atoms with van der Waals surface area (Å²) < 4.78 is 2.09. The van der Waals surface area contributed by atoms with Gasteiger partial charge in [-0.25, -0.2) is 0 Å². The molecule has 102 valence electrons. The van der Waals surface area contributed by atoms with Crippen LogP contribution < -0.4 is 5.73 Å². The molecule has 0 spiro atoms. The fourth-order valence-corrected chi connectivity index (χ4v) is 2.94. The van der Waals surface area contributed by atoms with E-state index in [0.29, 0.717) is 12.5 Å². The summed E-state index contributed by atoms with van der Waals surface area (Å²) in [6.45, 7) is 6.28. The third-order valence-electron chi connectivity index (χ3n) is 4.09. The Morgan fingerprint density at radius 2 is 2.32 bits per heavy atom. The number of aromatic nitrogens is 3. The predicted octanol–water partition coefficient (Wildman–Crippen LogP) is 1.07.